The van der Waals surface area contributed by atoms with E-state index in [1.165, 1.54) is 19.3 Å². The third kappa shape index (κ3) is 4.09. The molecular weight excluding hydrogens is 378 g/mol. The van der Waals surface area contributed by atoms with Gasteiger partial charge in [-0.25, -0.2) is 0 Å². The normalized spacial score (nSPS) is 39.5. The summed E-state index contributed by atoms with van der Waals surface area (Å²) in [5, 5.41) is 9.27. The molecule has 2 unspecified atom stereocenters. The fourth-order valence-electron chi connectivity index (χ4n) is 1.96. The Morgan fingerprint density at radius 2 is 1.75 bits per heavy atom. The van der Waals surface area contributed by atoms with Crippen LogP contribution in [-0.4, -0.2) is 19.1 Å². The molecule has 0 spiro atoms. The van der Waals surface area contributed by atoms with E-state index in [9.17, 15) is 5.11 Å². The van der Waals surface area contributed by atoms with Gasteiger partial charge in [0.25, 0.3) is 0 Å². The smallest absolute Gasteiger partial charge is 0.0514 e. The van der Waals surface area contributed by atoms with Crippen LogP contribution in [0.4, 0.5) is 0 Å². The highest BCUT2D eigenvalue weighted by Crippen LogP contribution is 2.35. The van der Waals surface area contributed by atoms with E-state index in [0.29, 0.717) is 0 Å². The molecule has 0 saturated heterocycles. The molecule has 0 bridgehead atoms. The summed E-state index contributed by atoms with van der Waals surface area (Å²) in [5.74, 6) is 0.766. The Morgan fingerprint density at radius 1 is 1.25 bits per heavy atom. The van der Waals surface area contributed by atoms with Gasteiger partial charge in [0, 0.05) is 7.85 Å². The van der Waals surface area contributed by atoms with E-state index in [1.807, 2.05) is 6.92 Å². The predicted molar refractivity (Wildman–Crippen MR) is 69.3 cm³/mol. The Kier molecular flexibility index (Phi) is 5.11. The van der Waals surface area contributed by atoms with Gasteiger partial charge in [0.2, 0.25) is 0 Å². The van der Waals surface area contributed by atoms with Crippen LogP contribution in [0.2, 0.25) is 0 Å². The molecule has 1 nitrogen and oxygen atoms in total. The first-order valence-corrected chi connectivity index (χ1v) is 7.03. The summed E-state index contributed by atoms with van der Waals surface area (Å²) < 4.78 is 1.67. The zero-order valence-electron chi connectivity index (χ0n) is 7.34. The average molecular weight is 394 g/mol. The standard InChI is InChI=1S/C9H16I2O/c1-6(12)2-7-3-8(10)5-9(11)4-7/h6-9,12H,2-5H2,1H3/t6?,7?,8-,9+. The SMILES string of the molecule is CC(O)CC1C[C@@H](I)C[C@@H](I)C1. The molecule has 72 valence electrons. The lowest BCUT2D eigenvalue weighted by Crippen LogP contribution is -2.25. The van der Waals surface area contributed by atoms with Gasteiger partial charge in [0.15, 0.2) is 0 Å². The van der Waals surface area contributed by atoms with Gasteiger partial charge in [-0.15, -0.1) is 0 Å². The molecule has 1 fully saturated rings. The lowest BCUT2D eigenvalue weighted by molar-refractivity contribution is 0.150. The van der Waals surface area contributed by atoms with Gasteiger partial charge in [-0.2, -0.15) is 0 Å². The Balaban J connectivity index is 2.34. The highest BCUT2D eigenvalue weighted by atomic mass is 127. The van der Waals surface area contributed by atoms with Crippen molar-refractivity contribution in [3.05, 3.63) is 0 Å². The van der Waals surface area contributed by atoms with Gasteiger partial charge in [-0.05, 0) is 38.5 Å². The van der Waals surface area contributed by atoms with E-state index >= 15 is 0 Å². The second kappa shape index (κ2) is 5.34. The monoisotopic (exact) mass is 394 g/mol. The van der Waals surface area contributed by atoms with E-state index < -0.39 is 0 Å². The van der Waals surface area contributed by atoms with Crippen LogP contribution in [0.25, 0.3) is 0 Å². The van der Waals surface area contributed by atoms with Crippen LogP contribution in [0.15, 0.2) is 0 Å². The summed E-state index contributed by atoms with van der Waals surface area (Å²) in [6, 6.07) is 0. The second-order valence-electron chi connectivity index (χ2n) is 3.85. The van der Waals surface area contributed by atoms with E-state index in [-0.39, 0.29) is 6.10 Å². The van der Waals surface area contributed by atoms with Crippen LogP contribution in [0.1, 0.15) is 32.6 Å². The van der Waals surface area contributed by atoms with Crippen molar-refractivity contribution in [2.45, 2.75) is 46.6 Å². The molecule has 1 aliphatic rings. The van der Waals surface area contributed by atoms with Crippen LogP contribution in [0.5, 0.6) is 0 Å². The maximum atomic E-state index is 9.27. The number of rotatable bonds is 2. The van der Waals surface area contributed by atoms with Crippen LogP contribution >= 0.6 is 45.2 Å². The molecule has 1 saturated carbocycles. The zero-order chi connectivity index (χ0) is 9.14. The number of aliphatic hydroxyl groups is 1. The molecule has 12 heavy (non-hydrogen) atoms. The van der Waals surface area contributed by atoms with Crippen LogP contribution in [0, 0.1) is 5.92 Å². The number of alkyl halides is 2. The summed E-state index contributed by atoms with van der Waals surface area (Å²) in [4.78, 5) is 0. The van der Waals surface area contributed by atoms with Gasteiger partial charge in [0.1, 0.15) is 0 Å². The quantitative estimate of drug-likeness (QED) is 0.564. The highest BCUT2D eigenvalue weighted by Gasteiger charge is 2.26. The second-order valence-corrected chi connectivity index (χ2v) is 7.38. The van der Waals surface area contributed by atoms with Gasteiger partial charge in [-0.3, -0.25) is 0 Å². The Labute approximate surface area is 102 Å². The minimum atomic E-state index is -0.111. The number of aliphatic hydroxyl groups excluding tert-OH is 1. The average Bonchev–Trinajstić information content (AvgIpc) is 1.81. The van der Waals surface area contributed by atoms with Gasteiger partial charge in [0.05, 0.1) is 6.10 Å². The summed E-state index contributed by atoms with van der Waals surface area (Å²) in [5.41, 5.74) is 0. The fraction of sp³-hybridized carbons (Fsp3) is 1.00. The Bertz CT molecular complexity index is 126. The molecule has 0 aromatic rings. The summed E-state index contributed by atoms with van der Waals surface area (Å²) in [7, 11) is 0. The molecule has 1 aliphatic carbocycles. The van der Waals surface area contributed by atoms with E-state index in [1.54, 1.807) is 0 Å². The molecule has 0 radical (unpaired) electrons. The largest absolute Gasteiger partial charge is 0.393 e. The van der Waals surface area contributed by atoms with Crippen molar-refractivity contribution < 1.29 is 5.11 Å². The third-order valence-electron chi connectivity index (χ3n) is 2.36. The van der Waals surface area contributed by atoms with E-state index in [0.717, 1.165) is 20.2 Å². The Hall–Kier alpha value is 1.42. The molecule has 0 aliphatic heterocycles. The highest BCUT2D eigenvalue weighted by molar-refractivity contribution is 14.1. The van der Waals surface area contributed by atoms with Crippen LogP contribution in [-0.2, 0) is 0 Å². The van der Waals surface area contributed by atoms with Gasteiger partial charge < -0.3 is 5.11 Å². The first-order valence-electron chi connectivity index (χ1n) is 4.54. The summed E-state index contributed by atoms with van der Waals surface area (Å²) in [6.45, 7) is 1.90. The minimum Gasteiger partial charge on any atom is -0.393 e. The molecule has 4 atom stereocenters. The minimum absolute atomic E-state index is 0.111. The van der Waals surface area contributed by atoms with Gasteiger partial charge in [-0.1, -0.05) is 45.2 Å². The van der Waals surface area contributed by atoms with Crippen molar-refractivity contribution in [1.82, 2.24) is 0 Å². The lowest BCUT2D eigenvalue weighted by Gasteiger charge is -2.30. The molecular formula is C9H16I2O. The molecule has 0 amide bonds. The van der Waals surface area contributed by atoms with Crippen molar-refractivity contribution >= 4 is 45.2 Å². The number of halogens is 2. The molecule has 0 aromatic carbocycles. The lowest BCUT2D eigenvalue weighted by atomic mass is 9.85. The number of hydrogen-bond acceptors (Lipinski definition) is 1. The predicted octanol–water partition coefficient (Wildman–Crippen LogP) is 3.16. The molecule has 3 heteroatoms. The number of hydrogen-bond donors (Lipinski definition) is 1. The first kappa shape index (κ1) is 11.5. The van der Waals surface area contributed by atoms with Crippen molar-refractivity contribution in [3.8, 4) is 0 Å². The van der Waals surface area contributed by atoms with E-state index in [4.69, 9.17) is 0 Å². The van der Waals surface area contributed by atoms with Crippen molar-refractivity contribution in [3.63, 3.8) is 0 Å². The fourth-order valence-corrected chi connectivity index (χ4v) is 5.60. The summed E-state index contributed by atoms with van der Waals surface area (Å²) in [6.07, 6.45) is 4.87. The van der Waals surface area contributed by atoms with E-state index in [2.05, 4.69) is 45.2 Å². The molecule has 0 aromatic heterocycles. The zero-order valence-corrected chi connectivity index (χ0v) is 11.7. The van der Waals surface area contributed by atoms with Crippen LogP contribution in [0.3, 0.4) is 0 Å². The molecule has 1 N–H and O–H groups in total. The Morgan fingerprint density at radius 3 is 2.17 bits per heavy atom. The van der Waals surface area contributed by atoms with Crippen molar-refractivity contribution in [2.24, 2.45) is 5.92 Å². The third-order valence-corrected chi connectivity index (χ3v) is 4.40. The molecule has 1 rings (SSSR count). The van der Waals surface area contributed by atoms with Crippen molar-refractivity contribution in [2.75, 3.05) is 0 Å². The maximum absolute atomic E-state index is 9.27. The van der Waals surface area contributed by atoms with Gasteiger partial charge >= 0.3 is 0 Å². The topological polar surface area (TPSA) is 20.2 Å². The first-order chi connectivity index (χ1) is 5.58. The summed E-state index contributed by atoms with van der Waals surface area (Å²) >= 11 is 5.09. The van der Waals surface area contributed by atoms with Crippen LogP contribution < -0.4 is 0 Å². The van der Waals surface area contributed by atoms with Crippen molar-refractivity contribution in [1.29, 1.82) is 0 Å². The maximum Gasteiger partial charge on any atom is 0.0514 e. The molecule has 0 heterocycles.